The van der Waals surface area contributed by atoms with Crippen molar-refractivity contribution in [2.24, 2.45) is 0 Å². The first-order chi connectivity index (χ1) is 11.6. The Balaban J connectivity index is 2.28. The van der Waals surface area contributed by atoms with Crippen molar-refractivity contribution < 1.29 is 24.5 Å². The van der Waals surface area contributed by atoms with Gasteiger partial charge in [-0.3, -0.25) is 4.79 Å². The molecule has 0 aliphatic rings. The van der Waals surface area contributed by atoms with Gasteiger partial charge in [-0.2, -0.15) is 0 Å². The van der Waals surface area contributed by atoms with Gasteiger partial charge in [-0.1, -0.05) is 12.1 Å². The van der Waals surface area contributed by atoms with Crippen molar-refractivity contribution in [1.82, 2.24) is 0 Å². The number of aromatic hydroxyl groups is 1. The highest BCUT2D eigenvalue weighted by molar-refractivity contribution is 6.07. The van der Waals surface area contributed by atoms with Gasteiger partial charge in [0.1, 0.15) is 5.75 Å². The number of methoxy groups -OCH3 is 2. The Bertz CT molecular complexity index is 732. The standard InChI is InChI=1S/C19H20O5/c1-23-15-7-3-14(4-8-15)17(21)9-5-13-6-10-18(22)19(24-2)16(13)11-12-20/h3-10,20,22H,11-12H2,1-2H3/b9-5+. The first-order valence-electron chi connectivity index (χ1n) is 7.46. The number of aliphatic hydroxyl groups is 1. The molecule has 0 fully saturated rings. The molecule has 0 aromatic heterocycles. The maximum Gasteiger partial charge on any atom is 0.185 e. The molecule has 0 saturated carbocycles. The van der Waals surface area contributed by atoms with E-state index < -0.39 is 0 Å². The summed E-state index contributed by atoms with van der Waals surface area (Å²) in [4.78, 5) is 12.3. The lowest BCUT2D eigenvalue weighted by Crippen LogP contribution is -2.00. The largest absolute Gasteiger partial charge is 0.504 e. The van der Waals surface area contributed by atoms with Crippen LogP contribution in [0.3, 0.4) is 0 Å². The average Bonchev–Trinajstić information content (AvgIpc) is 2.61. The van der Waals surface area contributed by atoms with Gasteiger partial charge in [0.05, 0.1) is 14.2 Å². The smallest absolute Gasteiger partial charge is 0.185 e. The molecule has 126 valence electrons. The second-order valence-electron chi connectivity index (χ2n) is 5.09. The van der Waals surface area contributed by atoms with Crippen LogP contribution < -0.4 is 9.47 Å². The Morgan fingerprint density at radius 1 is 1.08 bits per heavy atom. The predicted molar refractivity (Wildman–Crippen MR) is 91.8 cm³/mol. The monoisotopic (exact) mass is 328 g/mol. The van der Waals surface area contributed by atoms with Crippen LogP contribution >= 0.6 is 0 Å². The van der Waals surface area contributed by atoms with E-state index in [4.69, 9.17) is 9.47 Å². The maximum atomic E-state index is 12.3. The van der Waals surface area contributed by atoms with Gasteiger partial charge in [-0.25, -0.2) is 0 Å². The minimum absolute atomic E-state index is 0.000388. The van der Waals surface area contributed by atoms with E-state index in [-0.39, 0.29) is 18.1 Å². The summed E-state index contributed by atoms with van der Waals surface area (Å²) in [5.41, 5.74) is 1.90. The number of hydrogen-bond acceptors (Lipinski definition) is 5. The number of benzene rings is 2. The molecule has 2 rings (SSSR count). The van der Waals surface area contributed by atoms with Crippen LogP contribution in [0.25, 0.3) is 6.08 Å². The molecular weight excluding hydrogens is 308 g/mol. The Labute approximate surface area is 140 Å². The average molecular weight is 328 g/mol. The van der Waals surface area contributed by atoms with Crippen molar-refractivity contribution in [2.45, 2.75) is 6.42 Å². The summed E-state index contributed by atoms with van der Waals surface area (Å²) in [6.45, 7) is -0.0902. The lowest BCUT2D eigenvalue weighted by molar-refractivity contribution is 0.104. The van der Waals surface area contributed by atoms with Crippen molar-refractivity contribution >= 4 is 11.9 Å². The summed E-state index contributed by atoms with van der Waals surface area (Å²) < 4.78 is 10.3. The molecule has 0 aliphatic heterocycles. The third kappa shape index (κ3) is 3.94. The number of phenols is 1. The van der Waals surface area contributed by atoms with Crippen LogP contribution in [-0.4, -0.2) is 36.8 Å². The van der Waals surface area contributed by atoms with Gasteiger partial charge in [0, 0.05) is 17.7 Å². The van der Waals surface area contributed by atoms with Crippen LogP contribution in [0.15, 0.2) is 42.5 Å². The van der Waals surface area contributed by atoms with E-state index in [1.165, 1.54) is 19.3 Å². The number of ether oxygens (including phenoxy) is 2. The van der Waals surface area contributed by atoms with Crippen LogP contribution in [0.1, 0.15) is 21.5 Å². The Hall–Kier alpha value is -2.79. The molecule has 0 atom stereocenters. The highest BCUT2D eigenvalue weighted by Crippen LogP contribution is 2.33. The van der Waals surface area contributed by atoms with Crippen molar-refractivity contribution in [2.75, 3.05) is 20.8 Å². The summed E-state index contributed by atoms with van der Waals surface area (Å²) in [6, 6.07) is 10.0. The molecule has 0 radical (unpaired) electrons. The van der Waals surface area contributed by atoms with Crippen molar-refractivity contribution in [3.8, 4) is 17.2 Å². The number of carbonyl (C=O) groups excluding carboxylic acids is 1. The van der Waals surface area contributed by atoms with Gasteiger partial charge in [0.15, 0.2) is 17.3 Å². The third-order valence-electron chi connectivity index (χ3n) is 3.63. The minimum atomic E-state index is -0.153. The second kappa shape index (κ2) is 8.17. The van der Waals surface area contributed by atoms with Crippen LogP contribution in [0, 0.1) is 0 Å². The lowest BCUT2D eigenvalue weighted by atomic mass is 10.0. The number of phenolic OH excluding ortho intramolecular Hbond substituents is 1. The first kappa shape index (κ1) is 17.6. The number of hydrogen-bond donors (Lipinski definition) is 2. The number of carbonyl (C=O) groups is 1. The number of aliphatic hydroxyl groups excluding tert-OH is 1. The van der Waals surface area contributed by atoms with Gasteiger partial charge >= 0.3 is 0 Å². The Morgan fingerprint density at radius 3 is 2.38 bits per heavy atom. The normalized spacial score (nSPS) is 10.8. The summed E-state index contributed by atoms with van der Waals surface area (Å²) in [5, 5.41) is 19.1. The first-order valence-corrected chi connectivity index (χ1v) is 7.46. The predicted octanol–water partition coefficient (Wildman–Crippen LogP) is 2.84. The minimum Gasteiger partial charge on any atom is -0.504 e. The molecule has 0 bridgehead atoms. The van der Waals surface area contributed by atoms with E-state index in [9.17, 15) is 15.0 Å². The molecular formula is C19H20O5. The zero-order valence-corrected chi connectivity index (χ0v) is 13.7. The van der Waals surface area contributed by atoms with Crippen LogP contribution in [-0.2, 0) is 6.42 Å². The fraction of sp³-hybridized carbons (Fsp3) is 0.211. The molecule has 0 spiro atoms. The van der Waals surface area contributed by atoms with Gasteiger partial charge in [-0.05, 0) is 48.4 Å². The van der Waals surface area contributed by atoms with E-state index in [2.05, 4.69) is 0 Å². The maximum absolute atomic E-state index is 12.3. The lowest BCUT2D eigenvalue weighted by Gasteiger charge is -2.12. The number of rotatable bonds is 7. The molecule has 2 aromatic carbocycles. The fourth-order valence-electron chi connectivity index (χ4n) is 2.40. The quantitative estimate of drug-likeness (QED) is 0.604. The third-order valence-corrected chi connectivity index (χ3v) is 3.63. The van der Waals surface area contributed by atoms with Crippen LogP contribution in [0.4, 0.5) is 0 Å². The molecule has 5 heteroatoms. The van der Waals surface area contributed by atoms with Crippen LogP contribution in [0.5, 0.6) is 17.2 Å². The topological polar surface area (TPSA) is 76.0 Å². The van der Waals surface area contributed by atoms with Gasteiger partial charge in [0.25, 0.3) is 0 Å². The zero-order chi connectivity index (χ0) is 17.5. The highest BCUT2D eigenvalue weighted by Gasteiger charge is 2.12. The van der Waals surface area contributed by atoms with E-state index in [0.717, 1.165) is 0 Å². The number of allylic oxidation sites excluding steroid dienone is 1. The molecule has 5 nitrogen and oxygen atoms in total. The molecule has 2 aromatic rings. The highest BCUT2D eigenvalue weighted by atomic mass is 16.5. The van der Waals surface area contributed by atoms with Gasteiger partial charge in [-0.15, -0.1) is 0 Å². The SMILES string of the molecule is COc1ccc(C(=O)/C=C/c2ccc(O)c(OC)c2CCO)cc1. The van der Waals surface area contributed by atoms with Crippen molar-refractivity contribution in [1.29, 1.82) is 0 Å². The van der Waals surface area contributed by atoms with Crippen LogP contribution in [0.2, 0.25) is 0 Å². The molecule has 24 heavy (non-hydrogen) atoms. The summed E-state index contributed by atoms with van der Waals surface area (Å²) in [5.74, 6) is 0.839. The fourth-order valence-corrected chi connectivity index (χ4v) is 2.40. The van der Waals surface area contributed by atoms with E-state index >= 15 is 0 Å². The zero-order valence-electron chi connectivity index (χ0n) is 13.7. The molecule has 0 amide bonds. The number of ketones is 1. The van der Waals surface area contributed by atoms with Gasteiger partial charge < -0.3 is 19.7 Å². The molecule has 2 N–H and O–H groups in total. The van der Waals surface area contributed by atoms with Gasteiger partial charge in [0.2, 0.25) is 0 Å². The Morgan fingerprint density at radius 2 is 1.79 bits per heavy atom. The molecule has 0 heterocycles. The van der Waals surface area contributed by atoms with Crippen molar-refractivity contribution in [3.63, 3.8) is 0 Å². The van der Waals surface area contributed by atoms with E-state index in [0.29, 0.717) is 34.6 Å². The summed E-state index contributed by atoms with van der Waals surface area (Å²) >= 11 is 0. The second-order valence-corrected chi connectivity index (χ2v) is 5.09. The summed E-state index contributed by atoms with van der Waals surface area (Å²) in [6.07, 6.45) is 3.42. The van der Waals surface area contributed by atoms with E-state index in [1.807, 2.05) is 0 Å². The Kier molecular flexibility index (Phi) is 5.98. The molecule has 0 aliphatic carbocycles. The molecule has 0 unspecified atom stereocenters. The summed E-state index contributed by atoms with van der Waals surface area (Å²) in [7, 11) is 3.02. The van der Waals surface area contributed by atoms with E-state index in [1.54, 1.807) is 43.5 Å². The van der Waals surface area contributed by atoms with Crippen molar-refractivity contribution in [3.05, 3.63) is 59.2 Å². The molecule has 0 saturated heterocycles.